The number of methoxy groups -OCH3 is 1. The summed E-state index contributed by atoms with van der Waals surface area (Å²) in [6.45, 7) is 6.24. The molecule has 0 spiro atoms. The number of ether oxygens (including phenoxy) is 1. The first kappa shape index (κ1) is 21.5. The predicted octanol–water partition coefficient (Wildman–Crippen LogP) is 4.59. The van der Waals surface area contributed by atoms with Crippen molar-refractivity contribution in [2.75, 3.05) is 18.2 Å². The molecule has 0 unspecified atom stereocenters. The number of benzene rings is 2. The van der Waals surface area contributed by atoms with E-state index < -0.39 is 5.97 Å². The number of hydrogen-bond donors (Lipinski definition) is 1. The van der Waals surface area contributed by atoms with Gasteiger partial charge in [-0.1, -0.05) is 17.8 Å². The maximum absolute atomic E-state index is 12.2. The van der Waals surface area contributed by atoms with Crippen LogP contribution in [-0.4, -0.2) is 34.9 Å². The van der Waals surface area contributed by atoms with Crippen molar-refractivity contribution in [3.05, 3.63) is 70.8 Å². The zero-order valence-electron chi connectivity index (χ0n) is 17.4. The van der Waals surface area contributed by atoms with Gasteiger partial charge in [-0.3, -0.25) is 4.79 Å². The number of rotatable bonds is 6. The van der Waals surface area contributed by atoms with Crippen molar-refractivity contribution in [2.45, 2.75) is 25.8 Å². The van der Waals surface area contributed by atoms with E-state index in [2.05, 4.69) is 53.2 Å². The molecule has 1 aromatic heterocycles. The second kappa shape index (κ2) is 9.54. The monoisotopic (exact) mass is 421 g/mol. The van der Waals surface area contributed by atoms with E-state index in [1.807, 2.05) is 12.1 Å². The van der Waals surface area contributed by atoms with E-state index in [9.17, 15) is 9.59 Å². The number of thioether (sulfide) groups is 1. The van der Waals surface area contributed by atoms with Crippen molar-refractivity contribution in [1.82, 2.24) is 10.2 Å². The van der Waals surface area contributed by atoms with Crippen molar-refractivity contribution in [1.29, 1.82) is 0 Å². The second-order valence-electron chi connectivity index (χ2n) is 6.91. The molecule has 6 nitrogen and oxygen atoms in total. The molecule has 0 fully saturated rings. The van der Waals surface area contributed by atoms with Crippen LogP contribution < -0.4 is 5.32 Å². The topological polar surface area (TPSA) is 81.2 Å². The van der Waals surface area contributed by atoms with Crippen LogP contribution in [-0.2, 0) is 9.53 Å². The maximum Gasteiger partial charge on any atom is 0.337 e. The van der Waals surface area contributed by atoms with Gasteiger partial charge in [0, 0.05) is 11.3 Å². The molecule has 0 saturated carbocycles. The molecule has 0 aliphatic carbocycles. The van der Waals surface area contributed by atoms with Crippen molar-refractivity contribution >= 4 is 29.3 Å². The summed E-state index contributed by atoms with van der Waals surface area (Å²) < 4.78 is 4.66. The summed E-state index contributed by atoms with van der Waals surface area (Å²) in [6.07, 6.45) is 0. The van der Waals surface area contributed by atoms with Gasteiger partial charge >= 0.3 is 5.97 Å². The van der Waals surface area contributed by atoms with Crippen LogP contribution in [0.25, 0.3) is 11.3 Å². The van der Waals surface area contributed by atoms with Crippen LogP contribution in [0.2, 0.25) is 0 Å². The van der Waals surface area contributed by atoms with Crippen LogP contribution in [0.3, 0.4) is 0 Å². The molecule has 3 aromatic rings. The summed E-state index contributed by atoms with van der Waals surface area (Å²) in [7, 11) is 1.33. The normalized spacial score (nSPS) is 10.5. The largest absolute Gasteiger partial charge is 0.465 e. The molecule has 3 rings (SSSR count). The third-order valence-corrected chi connectivity index (χ3v) is 5.62. The van der Waals surface area contributed by atoms with Gasteiger partial charge in [0.2, 0.25) is 5.91 Å². The van der Waals surface area contributed by atoms with Crippen molar-refractivity contribution in [3.63, 3.8) is 0 Å². The lowest BCUT2D eigenvalue weighted by atomic mass is 9.99. The van der Waals surface area contributed by atoms with Crippen LogP contribution in [0.4, 0.5) is 5.69 Å². The van der Waals surface area contributed by atoms with E-state index in [-0.39, 0.29) is 11.7 Å². The number of anilines is 1. The summed E-state index contributed by atoms with van der Waals surface area (Å²) >= 11 is 1.31. The zero-order chi connectivity index (χ0) is 21.7. The molecule has 0 atom stereocenters. The molecule has 0 aliphatic rings. The van der Waals surface area contributed by atoms with Gasteiger partial charge in [0.05, 0.1) is 24.1 Å². The average Bonchev–Trinajstić information content (AvgIpc) is 2.75. The molecule has 7 heteroatoms. The van der Waals surface area contributed by atoms with Crippen molar-refractivity contribution in [2.24, 2.45) is 0 Å². The predicted molar refractivity (Wildman–Crippen MR) is 119 cm³/mol. The molecule has 0 bridgehead atoms. The molecule has 30 heavy (non-hydrogen) atoms. The zero-order valence-corrected chi connectivity index (χ0v) is 18.2. The molecule has 1 N–H and O–H groups in total. The van der Waals surface area contributed by atoms with Gasteiger partial charge in [-0.15, -0.1) is 10.2 Å². The molecule has 0 aliphatic heterocycles. The number of nitrogens with zero attached hydrogens (tertiary/aromatic N) is 2. The highest BCUT2D eigenvalue weighted by Gasteiger charge is 2.10. The summed E-state index contributed by atoms with van der Waals surface area (Å²) in [5, 5.41) is 12.0. The van der Waals surface area contributed by atoms with E-state index in [4.69, 9.17) is 0 Å². The summed E-state index contributed by atoms with van der Waals surface area (Å²) in [5.74, 6) is -0.377. The van der Waals surface area contributed by atoms with Gasteiger partial charge in [0.15, 0.2) is 0 Å². The molecule has 2 aromatic carbocycles. The Morgan fingerprint density at radius 2 is 1.63 bits per heavy atom. The number of aromatic nitrogens is 2. The first-order chi connectivity index (χ1) is 14.4. The smallest absolute Gasteiger partial charge is 0.337 e. The standard InChI is InChI=1S/C23H23N3O3S/c1-14-11-16(3)19(12-15(14)2)20-9-10-22(26-25-20)30-13-21(27)24-18-7-5-17(6-8-18)23(28)29-4/h5-12H,13H2,1-4H3,(H,24,27). The fraction of sp³-hybridized carbons (Fsp3) is 0.217. The molecular formula is C23H23N3O3S. The molecular weight excluding hydrogens is 398 g/mol. The fourth-order valence-electron chi connectivity index (χ4n) is 2.92. The minimum atomic E-state index is -0.415. The summed E-state index contributed by atoms with van der Waals surface area (Å²) in [5.41, 5.74) is 6.55. The lowest BCUT2D eigenvalue weighted by Crippen LogP contribution is -2.14. The van der Waals surface area contributed by atoms with Gasteiger partial charge in [0.1, 0.15) is 5.03 Å². The second-order valence-corrected chi connectivity index (χ2v) is 7.91. The van der Waals surface area contributed by atoms with Crippen LogP contribution in [0.1, 0.15) is 27.0 Å². The maximum atomic E-state index is 12.2. The molecule has 154 valence electrons. The Labute approximate surface area is 180 Å². The highest BCUT2D eigenvalue weighted by atomic mass is 32.2. The molecule has 1 heterocycles. The quantitative estimate of drug-likeness (QED) is 0.463. The van der Waals surface area contributed by atoms with Gasteiger partial charge < -0.3 is 10.1 Å². The number of carbonyl (C=O) groups excluding carboxylic acids is 2. The number of amides is 1. The Bertz CT molecular complexity index is 1060. The Balaban J connectivity index is 1.58. The van der Waals surface area contributed by atoms with Crippen molar-refractivity contribution < 1.29 is 14.3 Å². The van der Waals surface area contributed by atoms with E-state index >= 15 is 0 Å². The Hall–Kier alpha value is -3.19. The van der Waals surface area contributed by atoms with E-state index in [0.29, 0.717) is 16.3 Å². The third-order valence-electron chi connectivity index (χ3n) is 4.70. The lowest BCUT2D eigenvalue weighted by molar-refractivity contribution is -0.113. The SMILES string of the molecule is COC(=O)c1ccc(NC(=O)CSc2ccc(-c3cc(C)c(C)cc3C)nn2)cc1. The Kier molecular flexibility index (Phi) is 6.84. The van der Waals surface area contributed by atoms with Gasteiger partial charge in [-0.2, -0.15) is 0 Å². The fourth-order valence-corrected chi connectivity index (χ4v) is 3.54. The highest BCUT2D eigenvalue weighted by Crippen LogP contribution is 2.25. The lowest BCUT2D eigenvalue weighted by Gasteiger charge is -2.09. The van der Waals surface area contributed by atoms with Crippen LogP contribution in [0, 0.1) is 20.8 Å². The number of carbonyl (C=O) groups is 2. The average molecular weight is 422 g/mol. The van der Waals surface area contributed by atoms with Crippen LogP contribution in [0.15, 0.2) is 53.6 Å². The number of nitrogens with one attached hydrogen (secondary N) is 1. The van der Waals surface area contributed by atoms with Gasteiger partial charge in [0.25, 0.3) is 0 Å². The van der Waals surface area contributed by atoms with Crippen LogP contribution >= 0.6 is 11.8 Å². The Morgan fingerprint density at radius 1 is 0.933 bits per heavy atom. The number of hydrogen-bond acceptors (Lipinski definition) is 6. The minimum absolute atomic E-state index is 0.165. The number of aryl methyl sites for hydroxylation is 3. The minimum Gasteiger partial charge on any atom is -0.465 e. The van der Waals surface area contributed by atoms with Crippen LogP contribution in [0.5, 0.6) is 0 Å². The van der Waals surface area contributed by atoms with E-state index in [1.54, 1.807) is 24.3 Å². The highest BCUT2D eigenvalue weighted by molar-refractivity contribution is 7.99. The summed E-state index contributed by atoms with van der Waals surface area (Å²) in [4.78, 5) is 23.6. The van der Waals surface area contributed by atoms with E-state index in [0.717, 1.165) is 16.8 Å². The van der Waals surface area contributed by atoms with Gasteiger partial charge in [-0.05, 0) is 79.9 Å². The molecule has 0 radical (unpaired) electrons. The van der Waals surface area contributed by atoms with Crippen molar-refractivity contribution in [3.8, 4) is 11.3 Å². The Morgan fingerprint density at radius 3 is 2.27 bits per heavy atom. The third kappa shape index (κ3) is 5.24. The summed E-state index contributed by atoms with van der Waals surface area (Å²) in [6, 6.07) is 14.6. The molecule has 0 saturated heterocycles. The molecule has 1 amide bonds. The number of esters is 1. The first-order valence-corrected chi connectivity index (χ1v) is 10.4. The first-order valence-electron chi connectivity index (χ1n) is 9.40. The van der Waals surface area contributed by atoms with Gasteiger partial charge in [-0.25, -0.2) is 4.79 Å². The van der Waals surface area contributed by atoms with E-state index in [1.165, 1.54) is 30.0 Å².